The van der Waals surface area contributed by atoms with E-state index in [1.165, 1.54) is 0 Å². The lowest BCUT2D eigenvalue weighted by Crippen LogP contribution is -2.41. The maximum Gasteiger partial charge on any atom is 0.233 e. The second kappa shape index (κ2) is 4.91. The quantitative estimate of drug-likeness (QED) is 0.720. The summed E-state index contributed by atoms with van der Waals surface area (Å²) in [4.78, 5) is 0. The molecule has 82 valence electrons. The molecule has 1 aliphatic rings. The average molecular weight is 218 g/mol. The van der Waals surface area contributed by atoms with Crippen LogP contribution in [0.15, 0.2) is 12.0 Å². The zero-order valence-corrected chi connectivity index (χ0v) is 9.31. The average Bonchev–Trinajstić information content (AvgIpc) is 2.17. The minimum Gasteiger partial charge on any atom is -0.314 e. The summed E-state index contributed by atoms with van der Waals surface area (Å²) < 4.78 is 24.6. The molecular weight excluding hydrogens is 200 g/mol. The zero-order valence-electron chi connectivity index (χ0n) is 8.49. The number of nitrogens with one attached hydrogen (secondary N) is 2. The van der Waals surface area contributed by atoms with Crippen LogP contribution < -0.4 is 10.0 Å². The van der Waals surface area contributed by atoms with Gasteiger partial charge in [0, 0.05) is 18.0 Å². The van der Waals surface area contributed by atoms with Crippen molar-refractivity contribution in [2.75, 3.05) is 13.1 Å². The lowest BCUT2D eigenvalue weighted by atomic mass is 9.96. The Bertz CT molecular complexity index is 279. The molecule has 5 heteroatoms. The van der Waals surface area contributed by atoms with Gasteiger partial charge >= 0.3 is 0 Å². The van der Waals surface area contributed by atoms with Crippen molar-refractivity contribution in [3.8, 4) is 0 Å². The minimum atomic E-state index is -3.25. The molecule has 1 unspecified atom stereocenters. The van der Waals surface area contributed by atoms with Gasteiger partial charge in [0.05, 0.1) is 0 Å². The molecule has 2 N–H and O–H groups in total. The first kappa shape index (κ1) is 11.7. The van der Waals surface area contributed by atoms with E-state index in [-0.39, 0.29) is 0 Å². The van der Waals surface area contributed by atoms with Crippen LogP contribution in [0.3, 0.4) is 0 Å². The molecular formula is C9H18N2O2S. The van der Waals surface area contributed by atoms with E-state index in [1.54, 1.807) is 0 Å². The molecule has 0 aromatic carbocycles. The summed E-state index contributed by atoms with van der Waals surface area (Å²) in [6, 6.07) is 0.558. The highest BCUT2D eigenvalue weighted by atomic mass is 32.2. The summed E-state index contributed by atoms with van der Waals surface area (Å²) in [6.45, 7) is 6.78. The summed E-state index contributed by atoms with van der Waals surface area (Å²) >= 11 is 0. The zero-order chi connectivity index (χ0) is 10.6. The van der Waals surface area contributed by atoms with E-state index in [0.29, 0.717) is 18.5 Å². The van der Waals surface area contributed by atoms with Crippen molar-refractivity contribution >= 4 is 10.0 Å². The number of hydrogen-bond acceptors (Lipinski definition) is 3. The highest BCUT2D eigenvalue weighted by molar-refractivity contribution is 7.92. The van der Waals surface area contributed by atoms with Crippen LogP contribution in [-0.2, 0) is 10.0 Å². The van der Waals surface area contributed by atoms with Gasteiger partial charge in [-0.15, -0.1) is 0 Å². The van der Waals surface area contributed by atoms with Gasteiger partial charge in [0.2, 0.25) is 10.0 Å². The monoisotopic (exact) mass is 218 g/mol. The molecule has 0 saturated carbocycles. The second-order valence-electron chi connectivity index (χ2n) is 3.81. The molecule has 1 fully saturated rings. The van der Waals surface area contributed by atoms with Crippen LogP contribution in [0.2, 0.25) is 0 Å². The Kier molecular flexibility index (Phi) is 4.10. The summed E-state index contributed by atoms with van der Waals surface area (Å²) in [5.41, 5.74) is 0. The van der Waals surface area contributed by atoms with Crippen molar-refractivity contribution in [3.63, 3.8) is 0 Å². The van der Waals surface area contributed by atoms with E-state index < -0.39 is 10.0 Å². The summed E-state index contributed by atoms with van der Waals surface area (Å²) in [5, 5.41) is 4.28. The molecule has 14 heavy (non-hydrogen) atoms. The van der Waals surface area contributed by atoms with Crippen molar-refractivity contribution in [3.05, 3.63) is 12.0 Å². The standard InChI is InChI=1S/C9H18N2O2S/c1-3-14(12,13)11-7-9-5-4-8(2)10-6-9/h3,8-11H,1,4-7H2,2H3/t8?,9-/m0/s1. The van der Waals surface area contributed by atoms with Gasteiger partial charge in [-0.3, -0.25) is 0 Å². The minimum absolute atomic E-state index is 0.404. The topological polar surface area (TPSA) is 58.2 Å². The van der Waals surface area contributed by atoms with Crippen molar-refractivity contribution < 1.29 is 8.42 Å². The largest absolute Gasteiger partial charge is 0.314 e. The van der Waals surface area contributed by atoms with E-state index in [0.717, 1.165) is 24.8 Å². The van der Waals surface area contributed by atoms with Gasteiger partial charge in [-0.2, -0.15) is 0 Å². The lowest BCUT2D eigenvalue weighted by Gasteiger charge is -2.27. The normalized spacial score (nSPS) is 28.6. The van der Waals surface area contributed by atoms with Crippen LogP contribution in [-0.4, -0.2) is 27.5 Å². The third-order valence-electron chi connectivity index (χ3n) is 2.56. The Balaban J connectivity index is 2.29. The molecule has 0 spiro atoms. The first-order chi connectivity index (χ1) is 6.53. The first-order valence-corrected chi connectivity index (χ1v) is 6.43. The Labute approximate surface area is 85.8 Å². The lowest BCUT2D eigenvalue weighted by molar-refractivity contribution is 0.323. The molecule has 0 amide bonds. The van der Waals surface area contributed by atoms with E-state index in [1.807, 2.05) is 0 Å². The molecule has 0 radical (unpaired) electrons. The van der Waals surface area contributed by atoms with Gasteiger partial charge in [0.15, 0.2) is 0 Å². The number of rotatable bonds is 4. The van der Waals surface area contributed by atoms with E-state index >= 15 is 0 Å². The van der Waals surface area contributed by atoms with Crippen LogP contribution in [0.4, 0.5) is 0 Å². The molecule has 1 rings (SSSR count). The van der Waals surface area contributed by atoms with Crippen molar-refractivity contribution in [1.82, 2.24) is 10.0 Å². The van der Waals surface area contributed by atoms with Crippen molar-refractivity contribution in [1.29, 1.82) is 0 Å². The molecule has 2 atom stereocenters. The molecule has 4 nitrogen and oxygen atoms in total. The first-order valence-electron chi connectivity index (χ1n) is 4.89. The molecule has 0 aliphatic carbocycles. The Morgan fingerprint density at radius 3 is 2.79 bits per heavy atom. The highest BCUT2D eigenvalue weighted by Gasteiger charge is 2.18. The maximum absolute atomic E-state index is 11.1. The number of hydrogen-bond donors (Lipinski definition) is 2. The van der Waals surface area contributed by atoms with Crippen LogP contribution in [0.1, 0.15) is 19.8 Å². The van der Waals surface area contributed by atoms with Gasteiger partial charge in [-0.25, -0.2) is 13.1 Å². The van der Waals surface area contributed by atoms with Crippen molar-refractivity contribution in [2.45, 2.75) is 25.8 Å². The highest BCUT2D eigenvalue weighted by Crippen LogP contribution is 2.13. The van der Waals surface area contributed by atoms with Gasteiger partial charge in [-0.1, -0.05) is 6.58 Å². The fourth-order valence-electron chi connectivity index (χ4n) is 1.52. The van der Waals surface area contributed by atoms with Crippen LogP contribution in [0, 0.1) is 5.92 Å². The smallest absolute Gasteiger partial charge is 0.233 e. The Morgan fingerprint density at radius 1 is 1.57 bits per heavy atom. The van der Waals surface area contributed by atoms with E-state index in [2.05, 4.69) is 23.5 Å². The fraction of sp³-hybridized carbons (Fsp3) is 0.778. The molecule has 1 aliphatic heterocycles. The summed E-state index contributed by atoms with van der Waals surface area (Å²) in [5.74, 6) is 0.404. The predicted molar refractivity (Wildman–Crippen MR) is 57.3 cm³/mol. The number of sulfonamides is 1. The van der Waals surface area contributed by atoms with Gasteiger partial charge in [0.25, 0.3) is 0 Å². The molecule has 0 bridgehead atoms. The fourth-order valence-corrected chi connectivity index (χ4v) is 2.11. The molecule has 0 aromatic rings. The SMILES string of the molecule is C=CS(=O)(=O)NC[C@H]1CCC(C)NC1. The summed E-state index contributed by atoms with van der Waals surface area (Å²) in [7, 11) is -3.25. The molecule has 0 aromatic heterocycles. The molecule has 1 saturated heterocycles. The van der Waals surface area contributed by atoms with E-state index in [4.69, 9.17) is 0 Å². The Hall–Kier alpha value is -0.390. The Morgan fingerprint density at radius 2 is 2.29 bits per heavy atom. The molecule has 1 heterocycles. The van der Waals surface area contributed by atoms with Crippen molar-refractivity contribution in [2.24, 2.45) is 5.92 Å². The number of piperidine rings is 1. The summed E-state index contributed by atoms with van der Waals surface area (Å²) in [6.07, 6.45) is 2.19. The van der Waals surface area contributed by atoms with Gasteiger partial charge in [0.1, 0.15) is 0 Å². The van der Waals surface area contributed by atoms with Crippen LogP contribution >= 0.6 is 0 Å². The van der Waals surface area contributed by atoms with Crippen LogP contribution in [0.5, 0.6) is 0 Å². The van der Waals surface area contributed by atoms with Crippen LogP contribution in [0.25, 0.3) is 0 Å². The van der Waals surface area contributed by atoms with Gasteiger partial charge in [-0.05, 0) is 32.2 Å². The predicted octanol–water partition coefficient (Wildman–Crippen LogP) is 0.437. The second-order valence-corrected chi connectivity index (χ2v) is 5.52. The third-order valence-corrected chi connectivity index (χ3v) is 3.56. The maximum atomic E-state index is 11.1. The van der Waals surface area contributed by atoms with E-state index in [9.17, 15) is 8.42 Å². The van der Waals surface area contributed by atoms with Gasteiger partial charge < -0.3 is 5.32 Å². The third kappa shape index (κ3) is 3.77.